The van der Waals surface area contributed by atoms with Crippen LogP contribution in [-0.2, 0) is 9.59 Å². The molecule has 0 aliphatic carbocycles. The van der Waals surface area contributed by atoms with Crippen LogP contribution in [0.1, 0.15) is 44.5 Å². The van der Waals surface area contributed by atoms with E-state index in [0.717, 1.165) is 5.82 Å². The summed E-state index contributed by atoms with van der Waals surface area (Å²) in [5.41, 5.74) is 0. The maximum absolute atomic E-state index is 11.8. The maximum Gasteiger partial charge on any atom is 0.249 e. The molecule has 0 saturated carbocycles. The van der Waals surface area contributed by atoms with Gasteiger partial charge in [0.2, 0.25) is 11.8 Å². The molecule has 1 aliphatic rings. The summed E-state index contributed by atoms with van der Waals surface area (Å²) < 4.78 is 2.13. The number of carbonyl (C=O) groups is 2. The molecule has 0 spiro atoms. The van der Waals surface area contributed by atoms with Gasteiger partial charge in [0.05, 0.1) is 0 Å². The molecule has 6 nitrogen and oxygen atoms in total. The molecule has 17 heavy (non-hydrogen) atoms. The lowest BCUT2D eigenvalue weighted by Crippen LogP contribution is -2.42. The van der Waals surface area contributed by atoms with Crippen LogP contribution in [0.3, 0.4) is 0 Å². The van der Waals surface area contributed by atoms with Crippen LogP contribution in [0.25, 0.3) is 0 Å². The molecule has 0 bridgehead atoms. The van der Waals surface area contributed by atoms with Gasteiger partial charge in [-0.25, -0.2) is 0 Å². The number of imide groups is 1. The highest BCUT2D eigenvalue weighted by atomic mass is 32.1. The van der Waals surface area contributed by atoms with Crippen molar-refractivity contribution >= 4 is 24.0 Å². The predicted molar refractivity (Wildman–Crippen MR) is 62.9 cm³/mol. The first kappa shape index (κ1) is 12.0. The van der Waals surface area contributed by atoms with Gasteiger partial charge in [0.15, 0.2) is 4.77 Å². The first-order chi connectivity index (χ1) is 8.00. The van der Waals surface area contributed by atoms with E-state index in [0.29, 0.717) is 17.6 Å². The van der Waals surface area contributed by atoms with E-state index in [2.05, 4.69) is 15.5 Å². The van der Waals surface area contributed by atoms with Crippen molar-refractivity contribution in [3.63, 3.8) is 0 Å². The van der Waals surface area contributed by atoms with Crippen molar-refractivity contribution in [1.29, 1.82) is 0 Å². The van der Waals surface area contributed by atoms with Crippen molar-refractivity contribution < 1.29 is 9.59 Å². The van der Waals surface area contributed by atoms with Crippen LogP contribution in [0.4, 0.5) is 0 Å². The minimum absolute atomic E-state index is 0.161. The van der Waals surface area contributed by atoms with E-state index >= 15 is 0 Å². The van der Waals surface area contributed by atoms with Crippen molar-refractivity contribution in [1.82, 2.24) is 20.1 Å². The SMILES string of the molecule is CC(C)c1n[nH]c(=S)n1C1CCC(=O)NC1=O. The van der Waals surface area contributed by atoms with E-state index in [4.69, 9.17) is 12.2 Å². The molecule has 1 fully saturated rings. The lowest BCUT2D eigenvalue weighted by atomic mass is 10.1. The molecule has 1 aromatic heterocycles. The molecule has 92 valence electrons. The van der Waals surface area contributed by atoms with Gasteiger partial charge in [-0.3, -0.25) is 24.6 Å². The average molecular weight is 254 g/mol. The van der Waals surface area contributed by atoms with E-state index in [1.54, 1.807) is 4.57 Å². The molecule has 2 heterocycles. The molecule has 0 aromatic carbocycles. The number of amides is 2. The Labute approximate surface area is 103 Å². The highest BCUT2D eigenvalue weighted by Gasteiger charge is 2.30. The van der Waals surface area contributed by atoms with E-state index in [9.17, 15) is 9.59 Å². The second-order valence-electron chi connectivity index (χ2n) is 4.38. The summed E-state index contributed by atoms with van der Waals surface area (Å²) in [5, 5.41) is 9.15. The van der Waals surface area contributed by atoms with E-state index < -0.39 is 6.04 Å². The number of hydrogen-bond donors (Lipinski definition) is 2. The highest BCUT2D eigenvalue weighted by Crippen LogP contribution is 2.23. The zero-order chi connectivity index (χ0) is 12.6. The van der Waals surface area contributed by atoms with Crippen LogP contribution in [0.2, 0.25) is 0 Å². The third-order valence-corrected chi connectivity index (χ3v) is 3.06. The Hall–Kier alpha value is -1.50. The number of aromatic amines is 1. The fraction of sp³-hybridized carbons (Fsp3) is 0.600. The van der Waals surface area contributed by atoms with Crippen molar-refractivity contribution in [2.45, 2.75) is 38.6 Å². The van der Waals surface area contributed by atoms with Crippen LogP contribution in [0.5, 0.6) is 0 Å². The van der Waals surface area contributed by atoms with Gasteiger partial charge in [0.25, 0.3) is 0 Å². The third-order valence-electron chi connectivity index (χ3n) is 2.77. The molecule has 1 saturated heterocycles. The minimum atomic E-state index is -0.434. The summed E-state index contributed by atoms with van der Waals surface area (Å²) in [6.07, 6.45) is 0.805. The number of aromatic nitrogens is 3. The number of H-pyrrole nitrogens is 1. The molecule has 2 N–H and O–H groups in total. The van der Waals surface area contributed by atoms with Gasteiger partial charge in [-0.05, 0) is 18.6 Å². The van der Waals surface area contributed by atoms with Crippen molar-refractivity contribution in [3.8, 4) is 0 Å². The Balaban J connectivity index is 2.40. The molecule has 0 radical (unpaired) electrons. The topological polar surface area (TPSA) is 79.8 Å². The Bertz CT molecular complexity index is 517. The van der Waals surface area contributed by atoms with E-state index in [1.165, 1.54) is 0 Å². The van der Waals surface area contributed by atoms with Gasteiger partial charge in [0, 0.05) is 12.3 Å². The molecule has 2 rings (SSSR count). The van der Waals surface area contributed by atoms with Crippen LogP contribution >= 0.6 is 12.2 Å². The second kappa shape index (κ2) is 4.40. The van der Waals surface area contributed by atoms with Crippen LogP contribution < -0.4 is 5.32 Å². The summed E-state index contributed by atoms with van der Waals surface area (Å²) in [5.74, 6) is 0.367. The molecule has 1 unspecified atom stereocenters. The normalized spacial score (nSPS) is 20.8. The first-order valence-electron chi connectivity index (χ1n) is 5.51. The standard InChI is InChI=1S/C10H14N4O2S/c1-5(2)8-12-13-10(17)14(8)6-3-4-7(15)11-9(6)16/h5-6H,3-4H2,1-2H3,(H,13,17)(H,11,15,16). The van der Waals surface area contributed by atoms with E-state index in [1.807, 2.05) is 13.8 Å². The zero-order valence-electron chi connectivity index (χ0n) is 9.69. The molecular formula is C10H14N4O2S. The Morgan fingerprint density at radius 2 is 2.18 bits per heavy atom. The number of nitrogens with zero attached hydrogens (tertiary/aromatic N) is 2. The summed E-state index contributed by atoms with van der Waals surface area (Å²) in [4.78, 5) is 22.9. The molecule has 1 atom stereocenters. The molecular weight excluding hydrogens is 240 g/mol. The van der Waals surface area contributed by atoms with Gasteiger partial charge >= 0.3 is 0 Å². The number of hydrogen-bond acceptors (Lipinski definition) is 4. The fourth-order valence-corrected chi connectivity index (χ4v) is 2.22. The van der Waals surface area contributed by atoms with Crippen LogP contribution in [0, 0.1) is 4.77 Å². The second-order valence-corrected chi connectivity index (χ2v) is 4.77. The average Bonchev–Trinajstić information content (AvgIpc) is 2.60. The lowest BCUT2D eigenvalue weighted by Gasteiger charge is -2.23. The maximum atomic E-state index is 11.8. The summed E-state index contributed by atoms with van der Waals surface area (Å²) in [6, 6.07) is -0.434. The minimum Gasteiger partial charge on any atom is -0.295 e. The fourth-order valence-electron chi connectivity index (χ4n) is 1.95. The third kappa shape index (κ3) is 2.14. The summed E-state index contributed by atoms with van der Waals surface area (Å²) in [6.45, 7) is 3.96. The van der Waals surface area contributed by atoms with Crippen LogP contribution in [-0.4, -0.2) is 26.6 Å². The first-order valence-corrected chi connectivity index (χ1v) is 5.92. The van der Waals surface area contributed by atoms with Gasteiger partial charge in [0.1, 0.15) is 11.9 Å². The number of nitrogens with one attached hydrogen (secondary N) is 2. The largest absolute Gasteiger partial charge is 0.295 e. The monoisotopic (exact) mass is 254 g/mol. The number of carbonyl (C=O) groups excluding carboxylic acids is 2. The molecule has 1 aromatic rings. The quantitative estimate of drug-likeness (QED) is 0.610. The van der Waals surface area contributed by atoms with Gasteiger partial charge in [-0.2, -0.15) is 5.10 Å². The highest BCUT2D eigenvalue weighted by molar-refractivity contribution is 7.71. The smallest absolute Gasteiger partial charge is 0.249 e. The summed E-state index contributed by atoms with van der Waals surface area (Å²) >= 11 is 5.14. The van der Waals surface area contributed by atoms with Gasteiger partial charge in [-0.15, -0.1) is 0 Å². The molecule has 2 amide bonds. The zero-order valence-corrected chi connectivity index (χ0v) is 10.5. The van der Waals surface area contributed by atoms with Crippen LogP contribution in [0.15, 0.2) is 0 Å². The van der Waals surface area contributed by atoms with Crippen molar-refractivity contribution in [2.24, 2.45) is 0 Å². The summed E-state index contributed by atoms with van der Waals surface area (Å²) in [7, 11) is 0. The van der Waals surface area contributed by atoms with Crippen molar-refractivity contribution in [3.05, 3.63) is 10.6 Å². The number of rotatable bonds is 2. The van der Waals surface area contributed by atoms with E-state index in [-0.39, 0.29) is 17.7 Å². The Kier molecular flexibility index (Phi) is 3.10. The van der Waals surface area contributed by atoms with Gasteiger partial charge in [-0.1, -0.05) is 13.8 Å². The molecule has 1 aliphatic heterocycles. The van der Waals surface area contributed by atoms with Crippen molar-refractivity contribution in [2.75, 3.05) is 0 Å². The predicted octanol–water partition coefficient (Wildman–Crippen LogP) is 1.04. The Morgan fingerprint density at radius 3 is 2.76 bits per heavy atom. The Morgan fingerprint density at radius 1 is 1.47 bits per heavy atom. The molecule has 7 heteroatoms. The lowest BCUT2D eigenvalue weighted by molar-refractivity contribution is -0.135. The van der Waals surface area contributed by atoms with Gasteiger partial charge < -0.3 is 0 Å². The number of piperidine rings is 1.